The van der Waals surface area contributed by atoms with E-state index in [1.54, 1.807) is 0 Å². The highest BCUT2D eigenvalue weighted by Gasteiger charge is 2.17. The van der Waals surface area contributed by atoms with Crippen LogP contribution in [-0.4, -0.2) is 57.3 Å². The van der Waals surface area contributed by atoms with Crippen molar-refractivity contribution in [2.45, 2.75) is 45.3 Å². The van der Waals surface area contributed by atoms with E-state index in [2.05, 4.69) is 67.7 Å². The molecular weight excluding hydrogens is 312 g/mol. The van der Waals surface area contributed by atoms with Crippen LogP contribution >= 0.6 is 0 Å². The van der Waals surface area contributed by atoms with Gasteiger partial charge in [-0.1, -0.05) is 31.2 Å². The van der Waals surface area contributed by atoms with Gasteiger partial charge in [-0.3, -0.25) is 4.99 Å². The molecule has 1 fully saturated rings. The molecule has 1 aliphatic rings. The highest BCUT2D eigenvalue weighted by molar-refractivity contribution is 5.79. The van der Waals surface area contributed by atoms with E-state index in [-0.39, 0.29) is 6.04 Å². The Hall–Kier alpha value is -1.59. The van der Waals surface area contributed by atoms with E-state index in [1.165, 1.54) is 11.1 Å². The molecule has 140 valence electrons. The van der Waals surface area contributed by atoms with E-state index in [1.807, 2.05) is 0 Å². The highest BCUT2D eigenvalue weighted by Crippen LogP contribution is 2.19. The molecule has 0 saturated carbocycles. The van der Waals surface area contributed by atoms with Gasteiger partial charge in [-0.05, 0) is 51.4 Å². The first-order valence-corrected chi connectivity index (χ1v) is 9.53. The quantitative estimate of drug-likeness (QED) is 0.561. The third-order valence-corrected chi connectivity index (χ3v) is 4.68. The monoisotopic (exact) mass is 346 g/mol. The summed E-state index contributed by atoms with van der Waals surface area (Å²) in [5, 5.41) is 6.76. The number of nitrogens with zero attached hydrogens (tertiary/aromatic N) is 2. The third kappa shape index (κ3) is 6.33. The number of aryl methyl sites for hydroxylation is 1. The van der Waals surface area contributed by atoms with Crippen molar-refractivity contribution in [1.82, 2.24) is 15.5 Å². The van der Waals surface area contributed by atoms with E-state index in [4.69, 9.17) is 9.73 Å². The van der Waals surface area contributed by atoms with Crippen molar-refractivity contribution < 1.29 is 4.74 Å². The summed E-state index contributed by atoms with van der Waals surface area (Å²) in [5.74, 6) is 0.870. The lowest BCUT2D eigenvalue weighted by Gasteiger charge is -2.24. The Kier molecular flexibility index (Phi) is 8.22. The molecule has 0 aromatic heterocycles. The Balaban J connectivity index is 1.99. The number of rotatable bonds is 8. The number of likely N-dealkylation sites (N-methyl/N-ethyl adjacent to an activating group) is 1. The van der Waals surface area contributed by atoms with Crippen molar-refractivity contribution in [2.75, 3.05) is 40.3 Å². The first-order chi connectivity index (χ1) is 12.1. The van der Waals surface area contributed by atoms with Crippen LogP contribution in [0.4, 0.5) is 0 Å². The van der Waals surface area contributed by atoms with Crippen molar-refractivity contribution in [3.8, 4) is 0 Å². The Morgan fingerprint density at radius 1 is 1.24 bits per heavy atom. The van der Waals surface area contributed by atoms with Crippen LogP contribution in [0.5, 0.6) is 0 Å². The van der Waals surface area contributed by atoms with Crippen molar-refractivity contribution in [2.24, 2.45) is 4.99 Å². The summed E-state index contributed by atoms with van der Waals surface area (Å²) < 4.78 is 5.68. The van der Waals surface area contributed by atoms with E-state index < -0.39 is 0 Å². The zero-order valence-electron chi connectivity index (χ0n) is 16.2. The lowest BCUT2D eigenvalue weighted by atomic mass is 10.0. The van der Waals surface area contributed by atoms with Crippen molar-refractivity contribution >= 4 is 5.96 Å². The molecule has 0 bridgehead atoms. The van der Waals surface area contributed by atoms with E-state index >= 15 is 0 Å². The first-order valence-electron chi connectivity index (χ1n) is 9.53. The second kappa shape index (κ2) is 10.4. The molecule has 1 aliphatic heterocycles. The van der Waals surface area contributed by atoms with Crippen LogP contribution in [0.3, 0.4) is 0 Å². The summed E-state index contributed by atoms with van der Waals surface area (Å²) >= 11 is 0. The molecule has 0 amide bonds. The van der Waals surface area contributed by atoms with Crippen LogP contribution in [0.15, 0.2) is 29.3 Å². The zero-order chi connectivity index (χ0) is 18.1. The summed E-state index contributed by atoms with van der Waals surface area (Å²) in [5.41, 5.74) is 2.68. The van der Waals surface area contributed by atoms with Gasteiger partial charge in [0.25, 0.3) is 0 Å². The fraction of sp³-hybridized carbons (Fsp3) is 0.650. The minimum Gasteiger partial charge on any atom is -0.376 e. The molecule has 1 aromatic carbocycles. The van der Waals surface area contributed by atoms with Crippen LogP contribution in [0.2, 0.25) is 0 Å². The molecule has 5 nitrogen and oxygen atoms in total. The van der Waals surface area contributed by atoms with Gasteiger partial charge in [-0.25, -0.2) is 0 Å². The Bertz CT molecular complexity index is 521. The predicted octanol–water partition coefficient (Wildman–Crippen LogP) is 2.59. The predicted molar refractivity (Wildman–Crippen MR) is 105 cm³/mol. The fourth-order valence-corrected chi connectivity index (χ4v) is 3.08. The summed E-state index contributed by atoms with van der Waals surface area (Å²) in [4.78, 5) is 7.04. The van der Waals surface area contributed by atoms with Gasteiger partial charge in [-0.15, -0.1) is 0 Å². The number of ether oxygens (including phenoxy) is 1. The maximum absolute atomic E-state index is 5.68. The Morgan fingerprint density at radius 3 is 2.56 bits per heavy atom. The summed E-state index contributed by atoms with van der Waals surface area (Å²) in [6, 6.07) is 9.16. The Labute approximate surface area is 152 Å². The molecule has 1 saturated heterocycles. The van der Waals surface area contributed by atoms with Gasteiger partial charge in [0, 0.05) is 19.7 Å². The molecule has 2 unspecified atom stereocenters. The first kappa shape index (κ1) is 19.7. The largest absolute Gasteiger partial charge is 0.376 e. The molecule has 2 N–H and O–H groups in total. The van der Waals surface area contributed by atoms with E-state index in [0.29, 0.717) is 6.10 Å². The van der Waals surface area contributed by atoms with Gasteiger partial charge in [0.05, 0.1) is 18.7 Å². The lowest BCUT2D eigenvalue weighted by Crippen LogP contribution is -2.41. The van der Waals surface area contributed by atoms with Gasteiger partial charge in [0.2, 0.25) is 0 Å². The van der Waals surface area contributed by atoms with Gasteiger partial charge >= 0.3 is 0 Å². The topological polar surface area (TPSA) is 48.9 Å². The second-order valence-corrected chi connectivity index (χ2v) is 6.81. The zero-order valence-corrected chi connectivity index (χ0v) is 16.2. The minimum atomic E-state index is 0.268. The van der Waals surface area contributed by atoms with Crippen LogP contribution in [-0.2, 0) is 11.2 Å². The van der Waals surface area contributed by atoms with E-state index in [9.17, 15) is 0 Å². The van der Waals surface area contributed by atoms with Gasteiger partial charge in [0.1, 0.15) is 0 Å². The lowest BCUT2D eigenvalue weighted by molar-refractivity contribution is 0.114. The molecule has 1 aromatic rings. The SMILES string of the molecule is CCNC(=NCC(c1ccc(CC)cc1)N(C)C)NCC1CCCO1. The number of aliphatic imine (C=N–C) groups is 1. The normalized spacial score (nSPS) is 19.2. The van der Waals surface area contributed by atoms with Crippen molar-refractivity contribution in [3.05, 3.63) is 35.4 Å². The molecule has 0 radical (unpaired) electrons. The van der Waals surface area contributed by atoms with Crippen molar-refractivity contribution in [1.29, 1.82) is 0 Å². The average molecular weight is 347 g/mol. The third-order valence-electron chi connectivity index (χ3n) is 4.68. The molecule has 0 aliphatic carbocycles. The number of hydrogen-bond acceptors (Lipinski definition) is 3. The summed E-state index contributed by atoms with van der Waals surface area (Å²) in [7, 11) is 4.22. The number of benzene rings is 1. The molecule has 25 heavy (non-hydrogen) atoms. The molecule has 2 atom stereocenters. The van der Waals surface area contributed by atoms with Crippen molar-refractivity contribution in [3.63, 3.8) is 0 Å². The highest BCUT2D eigenvalue weighted by atomic mass is 16.5. The van der Waals surface area contributed by atoms with E-state index in [0.717, 1.165) is 51.5 Å². The van der Waals surface area contributed by atoms with Gasteiger partial charge in [-0.2, -0.15) is 0 Å². The maximum atomic E-state index is 5.68. The fourth-order valence-electron chi connectivity index (χ4n) is 3.08. The van der Waals surface area contributed by atoms with Gasteiger partial charge in [0.15, 0.2) is 5.96 Å². The number of guanidine groups is 1. The second-order valence-electron chi connectivity index (χ2n) is 6.81. The maximum Gasteiger partial charge on any atom is 0.191 e. The molecular formula is C20H34N4O. The number of nitrogens with one attached hydrogen (secondary N) is 2. The summed E-state index contributed by atoms with van der Waals surface area (Å²) in [6.45, 7) is 7.57. The number of hydrogen-bond donors (Lipinski definition) is 2. The molecule has 0 spiro atoms. The average Bonchev–Trinajstić information content (AvgIpc) is 3.13. The standard InChI is InChI=1S/C20H34N4O/c1-5-16-9-11-17(12-10-16)19(24(3)4)15-23-20(21-6-2)22-14-18-8-7-13-25-18/h9-12,18-19H,5-8,13-15H2,1-4H3,(H2,21,22,23). The van der Waals surface area contributed by atoms with Crippen LogP contribution in [0.25, 0.3) is 0 Å². The molecule has 5 heteroatoms. The van der Waals surface area contributed by atoms with Crippen LogP contribution in [0.1, 0.15) is 43.9 Å². The minimum absolute atomic E-state index is 0.268. The van der Waals surface area contributed by atoms with Crippen LogP contribution in [0, 0.1) is 0 Å². The molecule has 2 rings (SSSR count). The van der Waals surface area contributed by atoms with Gasteiger partial charge < -0.3 is 20.3 Å². The Morgan fingerprint density at radius 2 is 2.00 bits per heavy atom. The summed E-state index contributed by atoms with van der Waals surface area (Å²) in [6.07, 6.45) is 3.69. The smallest absolute Gasteiger partial charge is 0.191 e. The van der Waals surface area contributed by atoms with Crippen LogP contribution < -0.4 is 10.6 Å². The molecule has 1 heterocycles.